The molecule has 0 heterocycles. The van der Waals surface area contributed by atoms with Crippen LogP contribution in [0.3, 0.4) is 0 Å². The van der Waals surface area contributed by atoms with E-state index in [-0.39, 0.29) is 6.10 Å². The van der Waals surface area contributed by atoms with Gasteiger partial charge in [0.25, 0.3) is 0 Å². The zero-order valence-corrected chi connectivity index (χ0v) is 17.8. The Balaban J connectivity index is 0.000000948. The maximum absolute atomic E-state index is 11.3. The summed E-state index contributed by atoms with van der Waals surface area (Å²) < 4.78 is 0. The number of rotatable bonds is 3. The molecule has 4 saturated carbocycles. The summed E-state index contributed by atoms with van der Waals surface area (Å²) in [7, 11) is 0. The summed E-state index contributed by atoms with van der Waals surface area (Å²) in [6.45, 7) is 9.35. The van der Waals surface area contributed by atoms with E-state index in [9.17, 15) is 10.2 Å². The Bertz CT molecular complexity index is 463. The second-order valence-corrected chi connectivity index (χ2v) is 10.2. The van der Waals surface area contributed by atoms with Crippen LogP contribution < -0.4 is 0 Å². The molecule has 0 aromatic rings. The monoisotopic (exact) mass is 364 g/mol. The minimum Gasteiger partial charge on any atom is -0.396 e. The lowest BCUT2D eigenvalue weighted by atomic mass is 9.44. The highest BCUT2D eigenvalue weighted by atomic mass is 16.3. The van der Waals surface area contributed by atoms with Gasteiger partial charge in [0.2, 0.25) is 0 Å². The topological polar surface area (TPSA) is 40.5 Å². The molecule has 4 fully saturated rings. The van der Waals surface area contributed by atoms with Gasteiger partial charge in [-0.05, 0) is 98.2 Å². The molecule has 8 atom stereocenters. The molecule has 4 aliphatic carbocycles. The molecule has 2 heteroatoms. The largest absolute Gasteiger partial charge is 0.396 e. The Hall–Kier alpha value is -0.0800. The van der Waals surface area contributed by atoms with Crippen LogP contribution in [0.4, 0.5) is 0 Å². The highest BCUT2D eigenvalue weighted by molar-refractivity contribution is 5.11. The van der Waals surface area contributed by atoms with Crippen molar-refractivity contribution in [1.82, 2.24) is 0 Å². The third-order valence-electron chi connectivity index (χ3n) is 9.42. The Kier molecular flexibility index (Phi) is 6.44. The summed E-state index contributed by atoms with van der Waals surface area (Å²) >= 11 is 0. The molecule has 0 aromatic carbocycles. The fourth-order valence-corrected chi connectivity index (χ4v) is 8.34. The lowest BCUT2D eigenvalue weighted by Gasteiger charge is -2.62. The van der Waals surface area contributed by atoms with E-state index < -0.39 is 0 Å². The average Bonchev–Trinajstić information content (AvgIpc) is 2.96. The van der Waals surface area contributed by atoms with Gasteiger partial charge in [0.1, 0.15) is 0 Å². The van der Waals surface area contributed by atoms with Crippen molar-refractivity contribution < 1.29 is 10.2 Å². The van der Waals surface area contributed by atoms with E-state index in [1.807, 2.05) is 13.8 Å². The summed E-state index contributed by atoms with van der Waals surface area (Å²) in [5, 5.41) is 20.6. The number of aliphatic hydroxyl groups is 2. The van der Waals surface area contributed by atoms with Gasteiger partial charge < -0.3 is 10.2 Å². The normalized spacial score (nSPS) is 50.1. The molecule has 2 nitrogen and oxygen atoms in total. The molecule has 0 radical (unpaired) electrons. The molecule has 152 valence electrons. The van der Waals surface area contributed by atoms with E-state index in [0.717, 1.165) is 42.9 Å². The molecular weight excluding hydrogens is 320 g/mol. The third-order valence-corrected chi connectivity index (χ3v) is 9.42. The molecule has 8 unspecified atom stereocenters. The third kappa shape index (κ3) is 3.17. The van der Waals surface area contributed by atoms with Crippen molar-refractivity contribution in [2.24, 2.45) is 40.4 Å². The van der Waals surface area contributed by atoms with Crippen molar-refractivity contribution in [3.63, 3.8) is 0 Å². The van der Waals surface area contributed by atoms with E-state index in [1.54, 1.807) is 0 Å². The summed E-state index contributed by atoms with van der Waals surface area (Å²) in [5.74, 6) is 3.75. The lowest BCUT2D eigenvalue weighted by Crippen LogP contribution is -2.58. The second kappa shape index (κ2) is 8.11. The van der Waals surface area contributed by atoms with Crippen LogP contribution in [-0.4, -0.2) is 22.9 Å². The van der Waals surface area contributed by atoms with E-state index in [4.69, 9.17) is 0 Å². The van der Waals surface area contributed by atoms with Crippen LogP contribution in [0.2, 0.25) is 0 Å². The minimum absolute atomic E-state index is 0.0862. The van der Waals surface area contributed by atoms with E-state index >= 15 is 0 Å². The predicted octanol–water partition coefficient (Wildman–Crippen LogP) is 5.80. The van der Waals surface area contributed by atoms with Crippen molar-refractivity contribution in [2.75, 3.05) is 6.61 Å². The van der Waals surface area contributed by atoms with Crippen LogP contribution in [0.5, 0.6) is 0 Å². The SMILES string of the molecule is CC.CC12CC(O)C3C(CCC4CCCCC43C)C1CCC2CCCO. The number of hydrogen-bond donors (Lipinski definition) is 2. The Morgan fingerprint density at radius 1 is 0.923 bits per heavy atom. The molecular formula is C24H44O2. The van der Waals surface area contributed by atoms with Crippen molar-refractivity contribution in [3.05, 3.63) is 0 Å². The van der Waals surface area contributed by atoms with Gasteiger partial charge in [0.15, 0.2) is 0 Å². The summed E-state index contributed by atoms with van der Waals surface area (Å²) in [4.78, 5) is 0. The molecule has 0 bridgehead atoms. The van der Waals surface area contributed by atoms with Crippen LogP contribution in [0.15, 0.2) is 0 Å². The highest BCUT2D eigenvalue weighted by Gasteiger charge is 2.62. The second-order valence-electron chi connectivity index (χ2n) is 10.2. The summed E-state index contributed by atoms with van der Waals surface area (Å²) in [6.07, 6.45) is 14.1. The van der Waals surface area contributed by atoms with Crippen molar-refractivity contribution in [2.45, 2.75) is 104 Å². The molecule has 4 aliphatic rings. The van der Waals surface area contributed by atoms with Gasteiger partial charge in [0.05, 0.1) is 6.10 Å². The fourth-order valence-electron chi connectivity index (χ4n) is 8.34. The van der Waals surface area contributed by atoms with E-state index in [2.05, 4.69) is 13.8 Å². The number of fused-ring (bicyclic) bond motifs is 5. The van der Waals surface area contributed by atoms with Gasteiger partial charge >= 0.3 is 0 Å². The van der Waals surface area contributed by atoms with Crippen LogP contribution in [0.25, 0.3) is 0 Å². The fraction of sp³-hybridized carbons (Fsp3) is 1.00. The van der Waals surface area contributed by atoms with Crippen molar-refractivity contribution in [1.29, 1.82) is 0 Å². The van der Waals surface area contributed by atoms with Crippen LogP contribution in [0.1, 0.15) is 98.3 Å². The maximum Gasteiger partial charge on any atom is 0.0581 e. The van der Waals surface area contributed by atoms with Gasteiger partial charge in [-0.3, -0.25) is 0 Å². The molecule has 0 aliphatic heterocycles. The zero-order valence-electron chi connectivity index (χ0n) is 17.8. The van der Waals surface area contributed by atoms with Gasteiger partial charge in [-0.15, -0.1) is 0 Å². The summed E-state index contributed by atoms with van der Waals surface area (Å²) in [5.41, 5.74) is 0.735. The number of aliphatic hydroxyl groups excluding tert-OH is 2. The molecule has 4 rings (SSSR count). The first kappa shape index (κ1) is 20.6. The minimum atomic E-state index is -0.0862. The Labute approximate surface area is 162 Å². The Morgan fingerprint density at radius 2 is 1.69 bits per heavy atom. The average molecular weight is 365 g/mol. The first-order valence-electron chi connectivity index (χ1n) is 11.8. The maximum atomic E-state index is 11.3. The van der Waals surface area contributed by atoms with Crippen LogP contribution in [0, 0.1) is 40.4 Å². The van der Waals surface area contributed by atoms with Gasteiger partial charge in [-0.2, -0.15) is 0 Å². The van der Waals surface area contributed by atoms with E-state index in [1.165, 1.54) is 51.4 Å². The standard InChI is InChI=1S/C22H38O2.C2H6/c1-21-12-4-3-6-15(21)8-10-17-18-11-9-16(7-5-13-23)22(18,2)14-19(24)20(17)21;1-2/h15-20,23-24H,3-14H2,1-2H3;1-2H3. The van der Waals surface area contributed by atoms with Crippen molar-refractivity contribution >= 4 is 0 Å². The quantitative estimate of drug-likeness (QED) is 0.664. The molecule has 0 spiro atoms. The molecule has 26 heavy (non-hydrogen) atoms. The predicted molar refractivity (Wildman–Crippen MR) is 109 cm³/mol. The van der Waals surface area contributed by atoms with E-state index in [0.29, 0.717) is 23.4 Å². The molecule has 0 aromatic heterocycles. The number of hydrogen-bond acceptors (Lipinski definition) is 2. The van der Waals surface area contributed by atoms with Gasteiger partial charge in [-0.25, -0.2) is 0 Å². The van der Waals surface area contributed by atoms with Crippen molar-refractivity contribution in [3.8, 4) is 0 Å². The molecule has 0 amide bonds. The van der Waals surface area contributed by atoms with Gasteiger partial charge in [0, 0.05) is 6.61 Å². The van der Waals surface area contributed by atoms with Crippen LogP contribution in [-0.2, 0) is 0 Å². The summed E-state index contributed by atoms with van der Waals surface area (Å²) in [6, 6.07) is 0. The zero-order chi connectivity index (χ0) is 18.9. The molecule has 2 N–H and O–H groups in total. The Morgan fingerprint density at radius 3 is 2.42 bits per heavy atom. The van der Waals surface area contributed by atoms with Gasteiger partial charge in [-0.1, -0.05) is 40.5 Å². The van der Waals surface area contributed by atoms with Crippen LogP contribution >= 0.6 is 0 Å². The lowest BCUT2D eigenvalue weighted by molar-refractivity contribution is -0.169. The smallest absolute Gasteiger partial charge is 0.0581 e. The first-order chi connectivity index (χ1) is 12.5. The highest BCUT2D eigenvalue weighted by Crippen LogP contribution is 2.67. The molecule has 0 saturated heterocycles. The first-order valence-corrected chi connectivity index (χ1v) is 11.8.